The second kappa shape index (κ2) is 6.62. The van der Waals surface area contributed by atoms with Crippen LogP contribution in [0.5, 0.6) is 0 Å². The molecule has 1 aromatic rings. The van der Waals surface area contributed by atoms with Crippen LogP contribution in [0.4, 0.5) is 0 Å². The second-order valence-corrected chi connectivity index (χ2v) is 7.63. The van der Waals surface area contributed by atoms with E-state index in [9.17, 15) is 13.2 Å². The van der Waals surface area contributed by atoms with E-state index in [0.717, 1.165) is 5.41 Å². The molecule has 5 nitrogen and oxygen atoms in total. The molecular weight excluding hydrogens is 300 g/mol. The molecule has 0 radical (unpaired) electrons. The van der Waals surface area contributed by atoms with E-state index in [1.54, 1.807) is 4.90 Å². The predicted molar refractivity (Wildman–Crippen MR) is 87.0 cm³/mol. The molecule has 0 saturated carbocycles. The van der Waals surface area contributed by atoms with Crippen LogP contribution in [0, 0.1) is 5.92 Å². The first kappa shape index (κ1) is 16.7. The van der Waals surface area contributed by atoms with E-state index in [0.29, 0.717) is 31.1 Å². The van der Waals surface area contributed by atoms with Crippen LogP contribution in [-0.4, -0.2) is 38.9 Å². The zero-order valence-corrected chi connectivity index (χ0v) is 13.8. The molecule has 22 heavy (non-hydrogen) atoms. The Morgan fingerprint density at radius 1 is 1.36 bits per heavy atom. The molecule has 1 heterocycles. The zero-order valence-electron chi connectivity index (χ0n) is 13.0. The Morgan fingerprint density at radius 2 is 1.95 bits per heavy atom. The molecule has 0 aliphatic carbocycles. The van der Waals surface area contributed by atoms with Crippen molar-refractivity contribution in [3.8, 4) is 0 Å². The minimum atomic E-state index is -3.38. The summed E-state index contributed by atoms with van der Waals surface area (Å²) in [7, 11) is -3.38. The Labute approximate surface area is 132 Å². The summed E-state index contributed by atoms with van der Waals surface area (Å²) < 4.78 is 25.0. The molecule has 120 valence electrons. The van der Waals surface area contributed by atoms with Crippen molar-refractivity contribution in [2.75, 3.05) is 19.6 Å². The Kier molecular flexibility index (Phi) is 5.03. The molecule has 0 spiro atoms. The van der Waals surface area contributed by atoms with Crippen molar-refractivity contribution in [3.63, 3.8) is 0 Å². The summed E-state index contributed by atoms with van der Waals surface area (Å²) in [5.41, 5.74) is 1.88. The summed E-state index contributed by atoms with van der Waals surface area (Å²) in [6.07, 6.45) is 0. The van der Waals surface area contributed by atoms with Gasteiger partial charge in [-0.3, -0.25) is 4.79 Å². The molecule has 1 fully saturated rings. The first-order chi connectivity index (χ1) is 10.3. The Morgan fingerprint density at radius 3 is 2.45 bits per heavy atom. The minimum Gasteiger partial charge on any atom is -0.338 e. The Balaban J connectivity index is 1.85. The smallest absolute Gasteiger partial charge is 0.253 e. The van der Waals surface area contributed by atoms with E-state index in [2.05, 4.69) is 25.1 Å². The molecule has 6 heteroatoms. The first-order valence-corrected chi connectivity index (χ1v) is 8.88. The van der Waals surface area contributed by atoms with E-state index < -0.39 is 10.0 Å². The third-order valence-corrected chi connectivity index (χ3v) is 4.87. The van der Waals surface area contributed by atoms with E-state index >= 15 is 0 Å². The fourth-order valence-corrected chi connectivity index (χ4v) is 2.94. The molecule has 1 amide bonds. The van der Waals surface area contributed by atoms with Crippen LogP contribution in [0.25, 0.3) is 0 Å². The molecule has 0 atom stereocenters. The van der Waals surface area contributed by atoms with E-state index in [1.165, 1.54) is 5.56 Å². The number of likely N-dealkylation sites (tertiary alicyclic amines) is 1. The quantitative estimate of drug-likeness (QED) is 0.870. The van der Waals surface area contributed by atoms with Crippen LogP contribution in [-0.2, 0) is 10.0 Å². The monoisotopic (exact) mass is 322 g/mol. The van der Waals surface area contributed by atoms with Crippen LogP contribution in [0.2, 0.25) is 0 Å². The van der Waals surface area contributed by atoms with Crippen molar-refractivity contribution in [2.45, 2.75) is 19.8 Å². The summed E-state index contributed by atoms with van der Waals surface area (Å²) >= 11 is 0. The van der Waals surface area contributed by atoms with Crippen LogP contribution in [0.3, 0.4) is 0 Å². The fraction of sp³-hybridized carbons (Fsp3) is 0.438. The number of sulfonamides is 1. The highest BCUT2D eigenvalue weighted by atomic mass is 32.2. The van der Waals surface area contributed by atoms with Crippen molar-refractivity contribution >= 4 is 15.9 Å². The van der Waals surface area contributed by atoms with Gasteiger partial charge in [0, 0.05) is 36.5 Å². The zero-order chi connectivity index (χ0) is 16.3. The highest BCUT2D eigenvalue weighted by Crippen LogP contribution is 2.20. The van der Waals surface area contributed by atoms with Gasteiger partial charge in [-0.15, -0.1) is 0 Å². The number of amides is 1. The lowest BCUT2D eigenvalue weighted by Crippen LogP contribution is -2.53. The van der Waals surface area contributed by atoms with E-state index in [-0.39, 0.29) is 11.8 Å². The summed E-state index contributed by atoms with van der Waals surface area (Å²) in [6, 6.07) is 7.66. The number of nitrogens with one attached hydrogen (secondary N) is 1. The van der Waals surface area contributed by atoms with Crippen molar-refractivity contribution in [1.82, 2.24) is 9.62 Å². The molecule has 0 bridgehead atoms. The first-order valence-electron chi connectivity index (χ1n) is 7.33. The van der Waals surface area contributed by atoms with Crippen molar-refractivity contribution in [2.24, 2.45) is 5.92 Å². The minimum absolute atomic E-state index is 0.00173. The summed E-state index contributed by atoms with van der Waals surface area (Å²) in [5, 5.41) is 0.894. The molecular formula is C16H22N2O3S. The number of benzene rings is 1. The second-order valence-electron chi connectivity index (χ2n) is 5.91. The topological polar surface area (TPSA) is 66.5 Å². The third-order valence-electron chi connectivity index (χ3n) is 3.86. The highest BCUT2D eigenvalue weighted by molar-refractivity contribution is 7.92. The van der Waals surface area contributed by atoms with Gasteiger partial charge in [-0.05, 0) is 23.6 Å². The number of hydrogen-bond acceptors (Lipinski definition) is 3. The SMILES string of the molecule is C=CS(=O)(=O)NCC1CN(C(=O)c2ccc(C(C)C)cc2)C1. The summed E-state index contributed by atoms with van der Waals surface area (Å²) in [6.45, 7) is 8.95. The van der Waals surface area contributed by atoms with Crippen molar-refractivity contribution in [3.05, 3.63) is 47.4 Å². The number of nitrogens with zero attached hydrogens (tertiary/aromatic N) is 1. The third kappa shape index (κ3) is 3.96. The van der Waals surface area contributed by atoms with Gasteiger partial charge in [0.1, 0.15) is 0 Å². The number of carbonyl (C=O) groups is 1. The lowest BCUT2D eigenvalue weighted by atomic mass is 9.97. The van der Waals surface area contributed by atoms with Crippen LogP contribution >= 0.6 is 0 Å². The maximum atomic E-state index is 12.3. The maximum Gasteiger partial charge on any atom is 0.253 e. The van der Waals surface area contributed by atoms with Crippen molar-refractivity contribution in [1.29, 1.82) is 0 Å². The average molecular weight is 322 g/mol. The summed E-state index contributed by atoms with van der Waals surface area (Å²) in [5.74, 6) is 0.599. The lowest BCUT2D eigenvalue weighted by Gasteiger charge is -2.39. The molecule has 1 aliphatic rings. The van der Waals surface area contributed by atoms with E-state index in [1.807, 2.05) is 24.3 Å². The Hall–Kier alpha value is -1.66. The maximum absolute atomic E-state index is 12.3. The standard InChI is InChI=1S/C16H22N2O3S/c1-4-22(20,21)17-9-13-10-18(11-13)16(19)15-7-5-14(6-8-15)12(2)3/h4-8,12-13,17H,1,9-11H2,2-3H3. The van der Waals surface area contributed by atoms with Crippen LogP contribution < -0.4 is 4.72 Å². The molecule has 0 unspecified atom stereocenters. The molecule has 1 aromatic carbocycles. The van der Waals surface area contributed by atoms with Gasteiger partial charge in [-0.1, -0.05) is 32.6 Å². The predicted octanol–water partition coefficient (Wildman–Crippen LogP) is 1.94. The van der Waals surface area contributed by atoms with Gasteiger partial charge < -0.3 is 4.90 Å². The van der Waals surface area contributed by atoms with Gasteiger partial charge in [-0.25, -0.2) is 13.1 Å². The largest absolute Gasteiger partial charge is 0.338 e. The Bertz CT molecular complexity index is 644. The fourth-order valence-electron chi connectivity index (χ4n) is 2.35. The van der Waals surface area contributed by atoms with E-state index in [4.69, 9.17) is 0 Å². The average Bonchev–Trinajstić information content (AvgIpc) is 2.45. The molecule has 0 aromatic heterocycles. The van der Waals surface area contributed by atoms with Gasteiger partial charge in [0.25, 0.3) is 5.91 Å². The van der Waals surface area contributed by atoms with Gasteiger partial charge in [0.15, 0.2) is 0 Å². The molecule has 1 saturated heterocycles. The van der Waals surface area contributed by atoms with Gasteiger partial charge in [0.2, 0.25) is 10.0 Å². The number of carbonyl (C=O) groups excluding carboxylic acids is 1. The van der Waals surface area contributed by atoms with Gasteiger partial charge >= 0.3 is 0 Å². The van der Waals surface area contributed by atoms with Gasteiger partial charge in [0.05, 0.1) is 0 Å². The lowest BCUT2D eigenvalue weighted by molar-refractivity contribution is 0.0510. The van der Waals surface area contributed by atoms with Crippen LogP contribution in [0.1, 0.15) is 35.7 Å². The number of hydrogen-bond donors (Lipinski definition) is 1. The molecule has 1 N–H and O–H groups in total. The molecule has 1 aliphatic heterocycles. The highest BCUT2D eigenvalue weighted by Gasteiger charge is 2.31. The van der Waals surface area contributed by atoms with Crippen molar-refractivity contribution < 1.29 is 13.2 Å². The normalized spacial score (nSPS) is 15.7. The molecule has 2 rings (SSSR count). The van der Waals surface area contributed by atoms with Gasteiger partial charge in [-0.2, -0.15) is 0 Å². The number of rotatable bonds is 6. The van der Waals surface area contributed by atoms with Crippen LogP contribution in [0.15, 0.2) is 36.3 Å². The summed E-state index contributed by atoms with van der Waals surface area (Å²) in [4.78, 5) is 14.0.